The van der Waals surface area contributed by atoms with E-state index in [2.05, 4.69) is 10.3 Å². The van der Waals surface area contributed by atoms with Crippen LogP contribution < -0.4 is 5.32 Å². The Morgan fingerprint density at radius 1 is 1.00 bits per heavy atom. The Labute approximate surface area is 189 Å². The third-order valence-electron chi connectivity index (χ3n) is 7.43. The van der Waals surface area contributed by atoms with E-state index >= 15 is 0 Å². The molecule has 1 heterocycles. The van der Waals surface area contributed by atoms with Crippen LogP contribution in [0.25, 0.3) is 10.9 Å². The van der Waals surface area contributed by atoms with Gasteiger partial charge in [0.25, 0.3) is 0 Å². The summed E-state index contributed by atoms with van der Waals surface area (Å²) in [4.78, 5) is 16.9. The largest absolute Gasteiger partial charge is 0.416 e. The minimum absolute atomic E-state index is 0.111. The lowest BCUT2D eigenvalue weighted by atomic mass is 9.54. The van der Waals surface area contributed by atoms with Gasteiger partial charge in [-0.3, -0.25) is 9.78 Å². The minimum Gasteiger partial charge on any atom is -0.326 e. The zero-order valence-electron chi connectivity index (χ0n) is 18.0. The molecular weight excluding hydrogens is 432 g/mol. The molecule has 172 valence electrons. The highest BCUT2D eigenvalue weighted by Gasteiger charge is 2.48. The lowest BCUT2D eigenvalue weighted by molar-refractivity contribution is -0.137. The summed E-state index contributed by atoms with van der Waals surface area (Å²) < 4.78 is 51.9. The highest BCUT2D eigenvalue weighted by atomic mass is 19.4. The number of rotatable bonds is 3. The van der Waals surface area contributed by atoms with E-state index in [1.165, 1.54) is 18.2 Å². The van der Waals surface area contributed by atoms with Crippen LogP contribution in [0.2, 0.25) is 0 Å². The number of carbonyl (C=O) groups excluding carboxylic acids is 1. The summed E-state index contributed by atoms with van der Waals surface area (Å²) in [5, 5.41) is 3.63. The van der Waals surface area contributed by atoms with Crippen molar-refractivity contribution in [2.24, 2.45) is 11.3 Å². The predicted octanol–water partition coefficient (Wildman–Crippen LogP) is 7.09. The molecule has 5 rings (SSSR count). The van der Waals surface area contributed by atoms with E-state index in [4.69, 9.17) is 0 Å². The molecule has 1 aromatic heterocycles. The minimum atomic E-state index is -4.39. The zero-order valence-corrected chi connectivity index (χ0v) is 18.0. The molecule has 0 atom stereocenters. The summed E-state index contributed by atoms with van der Waals surface area (Å²) in [6.07, 6.45) is 3.01. The third-order valence-corrected chi connectivity index (χ3v) is 7.43. The normalized spacial score (nSPS) is 25.1. The van der Waals surface area contributed by atoms with Crippen molar-refractivity contribution in [2.45, 2.75) is 50.6 Å². The first-order valence-electron chi connectivity index (χ1n) is 11.2. The number of nitrogens with zero attached hydrogens (tertiary/aromatic N) is 1. The van der Waals surface area contributed by atoms with E-state index < -0.39 is 11.7 Å². The Morgan fingerprint density at radius 3 is 2.36 bits per heavy atom. The summed E-state index contributed by atoms with van der Waals surface area (Å²) >= 11 is 0. The van der Waals surface area contributed by atoms with E-state index in [1.54, 1.807) is 18.3 Å². The molecule has 2 saturated carbocycles. The van der Waals surface area contributed by atoms with Gasteiger partial charge in [0.05, 0.1) is 11.1 Å². The second-order valence-corrected chi connectivity index (χ2v) is 9.51. The van der Waals surface area contributed by atoms with Gasteiger partial charge in [0.1, 0.15) is 5.82 Å². The van der Waals surface area contributed by atoms with Crippen molar-refractivity contribution in [2.75, 3.05) is 5.32 Å². The van der Waals surface area contributed by atoms with Gasteiger partial charge in [0, 0.05) is 23.2 Å². The standard InChI is InChI=1S/C26H24F4N2O/c27-19-3-6-23-22(13-19)21(9-12-31-23)16-7-10-25(11-8-16)14-17(15-25)24(33)32-20-4-1-18(2-5-20)26(28,29)30/h1-6,9,12-13,16-17H,7-8,10-11,14-15H2,(H,32,33). The number of benzene rings is 2. The van der Waals surface area contributed by atoms with Gasteiger partial charge in [-0.15, -0.1) is 0 Å². The average molecular weight is 456 g/mol. The Hall–Kier alpha value is -2.96. The van der Waals surface area contributed by atoms with Crippen LogP contribution in [0.4, 0.5) is 23.2 Å². The number of anilines is 1. The van der Waals surface area contributed by atoms with Crippen molar-refractivity contribution in [1.82, 2.24) is 4.98 Å². The van der Waals surface area contributed by atoms with E-state index in [-0.39, 0.29) is 23.1 Å². The van der Waals surface area contributed by atoms with Crippen LogP contribution in [-0.2, 0) is 11.0 Å². The molecule has 0 saturated heterocycles. The first kappa shape index (κ1) is 21.9. The van der Waals surface area contributed by atoms with Gasteiger partial charge in [-0.25, -0.2) is 4.39 Å². The highest BCUT2D eigenvalue weighted by molar-refractivity contribution is 5.93. The van der Waals surface area contributed by atoms with Crippen molar-refractivity contribution in [3.63, 3.8) is 0 Å². The fourth-order valence-corrected chi connectivity index (χ4v) is 5.60. The fourth-order valence-electron chi connectivity index (χ4n) is 5.60. The summed E-state index contributed by atoms with van der Waals surface area (Å²) in [6.45, 7) is 0. The van der Waals surface area contributed by atoms with Crippen LogP contribution in [0.5, 0.6) is 0 Å². The number of carbonyl (C=O) groups is 1. The van der Waals surface area contributed by atoms with E-state index in [1.807, 2.05) is 6.07 Å². The number of hydrogen-bond acceptors (Lipinski definition) is 2. The summed E-state index contributed by atoms with van der Waals surface area (Å²) in [5.41, 5.74) is 1.76. The van der Waals surface area contributed by atoms with Crippen LogP contribution in [0.1, 0.15) is 55.6 Å². The van der Waals surface area contributed by atoms with Crippen LogP contribution in [-0.4, -0.2) is 10.9 Å². The number of fused-ring (bicyclic) bond motifs is 1. The molecule has 3 nitrogen and oxygen atoms in total. The van der Waals surface area contributed by atoms with Gasteiger partial charge < -0.3 is 5.32 Å². The molecule has 2 aliphatic rings. The topological polar surface area (TPSA) is 42.0 Å². The molecular formula is C26H24F4N2O. The van der Waals surface area contributed by atoms with Gasteiger partial charge in [-0.1, -0.05) is 0 Å². The smallest absolute Gasteiger partial charge is 0.326 e. The van der Waals surface area contributed by atoms with Gasteiger partial charge >= 0.3 is 6.18 Å². The quantitative estimate of drug-likeness (QED) is 0.428. The molecule has 33 heavy (non-hydrogen) atoms. The number of amides is 1. The van der Waals surface area contributed by atoms with Crippen molar-refractivity contribution in [3.8, 4) is 0 Å². The molecule has 3 aromatic rings. The van der Waals surface area contributed by atoms with Crippen molar-refractivity contribution in [1.29, 1.82) is 0 Å². The van der Waals surface area contributed by atoms with Crippen LogP contribution in [0.3, 0.4) is 0 Å². The predicted molar refractivity (Wildman–Crippen MR) is 118 cm³/mol. The summed E-state index contributed by atoms with van der Waals surface area (Å²) in [7, 11) is 0. The van der Waals surface area contributed by atoms with Crippen molar-refractivity contribution < 1.29 is 22.4 Å². The van der Waals surface area contributed by atoms with E-state index in [0.29, 0.717) is 11.6 Å². The van der Waals surface area contributed by atoms with Gasteiger partial charge in [0.2, 0.25) is 5.91 Å². The molecule has 0 aliphatic heterocycles. The molecule has 2 fully saturated rings. The van der Waals surface area contributed by atoms with Crippen molar-refractivity contribution in [3.05, 3.63) is 71.7 Å². The lowest BCUT2D eigenvalue weighted by Crippen LogP contribution is -2.45. The molecule has 1 spiro atoms. The first-order valence-corrected chi connectivity index (χ1v) is 11.2. The second-order valence-electron chi connectivity index (χ2n) is 9.51. The number of aromatic nitrogens is 1. The monoisotopic (exact) mass is 456 g/mol. The van der Waals surface area contributed by atoms with Crippen molar-refractivity contribution >= 4 is 22.5 Å². The van der Waals surface area contributed by atoms with Crippen LogP contribution in [0.15, 0.2) is 54.7 Å². The number of nitrogens with one attached hydrogen (secondary N) is 1. The first-order chi connectivity index (χ1) is 15.7. The maximum atomic E-state index is 13.8. The van der Waals surface area contributed by atoms with Crippen LogP contribution >= 0.6 is 0 Å². The molecule has 7 heteroatoms. The van der Waals surface area contributed by atoms with Crippen LogP contribution in [0, 0.1) is 17.2 Å². The lowest BCUT2D eigenvalue weighted by Gasteiger charge is -2.51. The SMILES string of the molecule is O=C(Nc1ccc(C(F)(F)F)cc1)C1CC2(CCC(c3ccnc4ccc(F)cc34)CC2)C1. The van der Waals surface area contributed by atoms with Gasteiger partial charge in [-0.2, -0.15) is 13.2 Å². The molecule has 1 amide bonds. The van der Waals surface area contributed by atoms with Gasteiger partial charge in [0.15, 0.2) is 0 Å². The zero-order chi connectivity index (χ0) is 23.2. The number of halogens is 4. The number of hydrogen-bond donors (Lipinski definition) is 1. The Bertz CT molecular complexity index is 1170. The maximum absolute atomic E-state index is 13.8. The highest BCUT2D eigenvalue weighted by Crippen LogP contribution is 2.57. The molecule has 2 aliphatic carbocycles. The second kappa shape index (κ2) is 8.12. The summed E-state index contributed by atoms with van der Waals surface area (Å²) in [6, 6.07) is 11.2. The summed E-state index contributed by atoms with van der Waals surface area (Å²) in [5.74, 6) is -0.148. The Morgan fingerprint density at radius 2 is 1.70 bits per heavy atom. The number of alkyl halides is 3. The van der Waals surface area contributed by atoms with E-state index in [9.17, 15) is 22.4 Å². The molecule has 2 aromatic carbocycles. The molecule has 0 bridgehead atoms. The Balaban J connectivity index is 1.18. The average Bonchev–Trinajstić information content (AvgIpc) is 2.77. The van der Waals surface area contributed by atoms with Gasteiger partial charge in [-0.05, 0) is 104 Å². The fraction of sp³-hybridized carbons (Fsp3) is 0.385. The molecule has 1 N–H and O–H groups in total. The van der Waals surface area contributed by atoms with E-state index in [0.717, 1.165) is 67.1 Å². The third kappa shape index (κ3) is 4.33. The Kier molecular flexibility index (Phi) is 5.38. The maximum Gasteiger partial charge on any atom is 0.416 e. The molecule has 0 unspecified atom stereocenters. The molecule has 0 radical (unpaired) electrons. The number of pyridine rings is 1.